The molecule has 174 valence electrons. The molecule has 1 atom stereocenters. The first-order valence-electron chi connectivity index (χ1n) is 10.0. The number of thiocarbonyl (C=S) groups is 1. The predicted octanol–water partition coefficient (Wildman–Crippen LogP) is 3.12. The van der Waals surface area contributed by atoms with E-state index in [-0.39, 0.29) is 12.5 Å². The van der Waals surface area contributed by atoms with Crippen molar-refractivity contribution in [3.8, 4) is 11.5 Å². The van der Waals surface area contributed by atoms with E-state index >= 15 is 0 Å². The van der Waals surface area contributed by atoms with E-state index in [0.717, 1.165) is 11.1 Å². The predicted molar refractivity (Wildman–Crippen MR) is 131 cm³/mol. The Labute approximate surface area is 205 Å². The second-order valence-corrected chi connectivity index (χ2v) is 8.40. The number of hydrogen-bond acceptors (Lipinski definition) is 6. The molecule has 0 saturated carbocycles. The van der Waals surface area contributed by atoms with Gasteiger partial charge >= 0.3 is 5.97 Å². The number of benzene rings is 2. The number of methoxy groups -OCH3 is 2. The number of esters is 1. The average Bonchev–Trinajstić information content (AvgIpc) is 2.81. The summed E-state index contributed by atoms with van der Waals surface area (Å²) in [6.45, 7) is 1.92. The van der Waals surface area contributed by atoms with E-state index in [1.807, 2.05) is 30.3 Å². The minimum atomic E-state index is -0.533. The quantitative estimate of drug-likeness (QED) is 0.351. The maximum absolute atomic E-state index is 13.2. The molecule has 2 aromatic carbocycles. The number of carbonyl (C=O) groups is 2. The van der Waals surface area contributed by atoms with Crippen molar-refractivity contribution in [3.63, 3.8) is 0 Å². The van der Waals surface area contributed by atoms with Gasteiger partial charge in [0.15, 0.2) is 23.2 Å². The molecule has 10 heteroatoms. The Morgan fingerprint density at radius 1 is 1.18 bits per heavy atom. The van der Waals surface area contributed by atoms with Crippen LogP contribution in [0.5, 0.6) is 11.5 Å². The molecule has 0 bridgehead atoms. The van der Waals surface area contributed by atoms with Crippen LogP contribution in [0.3, 0.4) is 0 Å². The molecule has 0 unspecified atom stereocenters. The number of rotatable bonds is 8. The standard InChI is InChI=1S/C23H24BrN3O5S/c1-13-19(22(29)25-11-14-7-5-4-6-8-14)20(27-23(33)26-13)15-9-16(24)21(17(10-15)30-2)32-12-18(28)31-3/h4-10,20H,11-12H2,1-3H3,(H,25,29)(H2,26,27,33)/t20-/m1/s1. The molecular weight excluding hydrogens is 510 g/mol. The van der Waals surface area contributed by atoms with Crippen LogP contribution in [0.25, 0.3) is 0 Å². The molecule has 3 rings (SSSR count). The number of nitrogens with one attached hydrogen (secondary N) is 3. The zero-order valence-electron chi connectivity index (χ0n) is 18.4. The first kappa shape index (κ1) is 24.5. The van der Waals surface area contributed by atoms with Crippen LogP contribution in [0.4, 0.5) is 0 Å². The van der Waals surface area contributed by atoms with Gasteiger partial charge in [-0.2, -0.15) is 0 Å². The zero-order valence-corrected chi connectivity index (χ0v) is 20.8. The maximum Gasteiger partial charge on any atom is 0.343 e. The molecular formula is C23H24BrN3O5S. The molecule has 0 fully saturated rings. The van der Waals surface area contributed by atoms with E-state index < -0.39 is 12.0 Å². The summed E-state index contributed by atoms with van der Waals surface area (Å²) in [7, 11) is 2.78. The molecule has 0 aliphatic carbocycles. The molecule has 1 aliphatic heterocycles. The summed E-state index contributed by atoms with van der Waals surface area (Å²) in [4.78, 5) is 24.7. The normalized spacial score (nSPS) is 15.3. The number of carbonyl (C=O) groups excluding carboxylic acids is 2. The second kappa shape index (κ2) is 11.2. The number of halogens is 1. The van der Waals surface area contributed by atoms with E-state index in [9.17, 15) is 9.59 Å². The lowest BCUT2D eigenvalue weighted by molar-refractivity contribution is -0.143. The fraction of sp³-hybridized carbons (Fsp3) is 0.261. The number of hydrogen-bond donors (Lipinski definition) is 3. The molecule has 1 heterocycles. The van der Waals surface area contributed by atoms with Gasteiger partial charge in [-0.3, -0.25) is 4.79 Å². The molecule has 33 heavy (non-hydrogen) atoms. The smallest absolute Gasteiger partial charge is 0.343 e. The Kier molecular flexibility index (Phi) is 8.29. The molecule has 0 aromatic heterocycles. The lowest BCUT2D eigenvalue weighted by atomic mass is 9.94. The minimum Gasteiger partial charge on any atom is -0.493 e. The largest absolute Gasteiger partial charge is 0.493 e. The Morgan fingerprint density at radius 3 is 2.58 bits per heavy atom. The Morgan fingerprint density at radius 2 is 1.91 bits per heavy atom. The van der Waals surface area contributed by atoms with Crippen molar-refractivity contribution >= 4 is 45.1 Å². The highest BCUT2D eigenvalue weighted by atomic mass is 79.9. The lowest BCUT2D eigenvalue weighted by Gasteiger charge is -2.31. The highest BCUT2D eigenvalue weighted by molar-refractivity contribution is 9.10. The minimum absolute atomic E-state index is 0.232. The van der Waals surface area contributed by atoms with Crippen LogP contribution in [0, 0.1) is 0 Å². The molecule has 0 spiro atoms. The van der Waals surface area contributed by atoms with Crippen LogP contribution in [0.1, 0.15) is 24.1 Å². The van der Waals surface area contributed by atoms with Crippen LogP contribution in [0.15, 0.2) is 58.2 Å². The summed E-state index contributed by atoms with van der Waals surface area (Å²) in [5.41, 5.74) is 2.86. The number of amides is 1. The first-order valence-corrected chi connectivity index (χ1v) is 11.2. The van der Waals surface area contributed by atoms with Crippen LogP contribution in [0.2, 0.25) is 0 Å². The summed E-state index contributed by atoms with van der Waals surface area (Å²) < 4.78 is 16.2. The van der Waals surface area contributed by atoms with Gasteiger partial charge in [-0.25, -0.2) is 4.79 Å². The van der Waals surface area contributed by atoms with E-state index in [2.05, 4.69) is 36.6 Å². The van der Waals surface area contributed by atoms with E-state index in [4.69, 9.17) is 21.7 Å². The van der Waals surface area contributed by atoms with Crippen LogP contribution in [-0.2, 0) is 20.9 Å². The third-order valence-corrected chi connectivity index (χ3v) is 5.77. The lowest BCUT2D eigenvalue weighted by Crippen LogP contribution is -2.46. The molecule has 2 aromatic rings. The van der Waals surface area contributed by atoms with Crippen molar-refractivity contribution in [3.05, 3.63) is 69.3 Å². The Balaban J connectivity index is 1.90. The number of allylic oxidation sites excluding steroid dienone is 1. The first-order chi connectivity index (χ1) is 15.8. The summed E-state index contributed by atoms with van der Waals surface area (Å²) in [5.74, 6) is -0.0190. The van der Waals surface area contributed by atoms with Gasteiger partial charge in [-0.05, 0) is 58.3 Å². The topological polar surface area (TPSA) is 97.9 Å². The van der Waals surface area contributed by atoms with E-state index in [0.29, 0.717) is 38.9 Å². The van der Waals surface area contributed by atoms with Crippen molar-refractivity contribution in [2.45, 2.75) is 19.5 Å². The van der Waals surface area contributed by atoms with Crippen LogP contribution >= 0.6 is 28.1 Å². The average molecular weight is 534 g/mol. The summed E-state index contributed by atoms with van der Waals surface area (Å²) in [5, 5.41) is 9.55. The van der Waals surface area contributed by atoms with Gasteiger partial charge in [-0.1, -0.05) is 30.3 Å². The van der Waals surface area contributed by atoms with E-state index in [1.54, 1.807) is 19.1 Å². The molecule has 1 aliphatic rings. The van der Waals surface area contributed by atoms with Crippen molar-refractivity contribution in [1.29, 1.82) is 0 Å². The monoisotopic (exact) mass is 533 g/mol. The van der Waals surface area contributed by atoms with Crippen molar-refractivity contribution < 1.29 is 23.8 Å². The summed E-state index contributed by atoms with van der Waals surface area (Å²) in [6.07, 6.45) is 0. The van der Waals surface area contributed by atoms with Crippen LogP contribution in [-0.4, -0.2) is 37.8 Å². The Hall–Kier alpha value is -3.11. The highest BCUT2D eigenvalue weighted by Gasteiger charge is 2.31. The third-order valence-electron chi connectivity index (χ3n) is 4.96. The van der Waals surface area contributed by atoms with Gasteiger partial charge in [0, 0.05) is 12.2 Å². The molecule has 1 amide bonds. The van der Waals surface area contributed by atoms with Crippen molar-refractivity contribution in [2.75, 3.05) is 20.8 Å². The van der Waals surface area contributed by atoms with Gasteiger partial charge in [0.05, 0.1) is 30.3 Å². The number of ether oxygens (including phenoxy) is 3. The third kappa shape index (κ3) is 6.02. The highest BCUT2D eigenvalue weighted by Crippen LogP contribution is 2.40. The van der Waals surface area contributed by atoms with Crippen LogP contribution < -0.4 is 25.4 Å². The Bertz CT molecular complexity index is 1090. The SMILES string of the molecule is COC(=O)COc1c(Br)cc([C@H]2NC(=S)NC(C)=C2C(=O)NCc2ccccc2)cc1OC. The molecule has 0 radical (unpaired) electrons. The molecule has 3 N–H and O–H groups in total. The van der Waals surface area contributed by atoms with Gasteiger partial charge < -0.3 is 30.2 Å². The van der Waals surface area contributed by atoms with Gasteiger partial charge in [0.25, 0.3) is 5.91 Å². The summed E-state index contributed by atoms with van der Waals surface area (Å²) in [6, 6.07) is 12.7. The van der Waals surface area contributed by atoms with Gasteiger partial charge in [0.2, 0.25) is 0 Å². The zero-order chi connectivity index (χ0) is 24.0. The fourth-order valence-corrected chi connectivity index (χ4v) is 4.20. The molecule has 0 saturated heterocycles. The maximum atomic E-state index is 13.2. The fourth-order valence-electron chi connectivity index (χ4n) is 3.35. The van der Waals surface area contributed by atoms with Crippen molar-refractivity contribution in [2.24, 2.45) is 0 Å². The summed E-state index contributed by atoms with van der Waals surface area (Å²) >= 11 is 8.81. The van der Waals surface area contributed by atoms with E-state index in [1.165, 1.54) is 14.2 Å². The second-order valence-electron chi connectivity index (χ2n) is 7.14. The van der Waals surface area contributed by atoms with Gasteiger partial charge in [-0.15, -0.1) is 0 Å². The van der Waals surface area contributed by atoms with Gasteiger partial charge in [0.1, 0.15) is 0 Å². The molecule has 8 nitrogen and oxygen atoms in total. The van der Waals surface area contributed by atoms with Crippen molar-refractivity contribution in [1.82, 2.24) is 16.0 Å².